The second-order valence-electron chi connectivity index (χ2n) is 5.50. The average molecular weight is 344 g/mol. The SMILES string of the molecule is CCOc1ccc(-c2nc(CN(C)Cc3noc(C)n3)cs2)cc1. The standard InChI is InChI=1S/C17H20N4O2S/c1-4-22-15-7-5-13(6-8-15)17-19-14(11-24-17)9-21(3)10-16-18-12(2)23-20-16/h5-8,11H,4,9-10H2,1-3H3. The van der Waals surface area contributed by atoms with Crippen molar-refractivity contribution in [3.63, 3.8) is 0 Å². The maximum atomic E-state index is 5.47. The molecule has 3 rings (SSSR count). The zero-order valence-electron chi connectivity index (χ0n) is 14.0. The molecule has 24 heavy (non-hydrogen) atoms. The first-order chi connectivity index (χ1) is 11.6. The molecule has 0 aliphatic rings. The molecule has 0 fully saturated rings. The minimum absolute atomic E-state index is 0.588. The highest BCUT2D eigenvalue weighted by atomic mass is 32.1. The smallest absolute Gasteiger partial charge is 0.223 e. The van der Waals surface area contributed by atoms with E-state index in [2.05, 4.69) is 20.4 Å². The lowest BCUT2D eigenvalue weighted by molar-refractivity contribution is 0.298. The van der Waals surface area contributed by atoms with Crippen LogP contribution in [0, 0.1) is 6.92 Å². The van der Waals surface area contributed by atoms with Gasteiger partial charge >= 0.3 is 0 Å². The van der Waals surface area contributed by atoms with Crippen LogP contribution in [0.2, 0.25) is 0 Å². The maximum Gasteiger partial charge on any atom is 0.223 e. The molecular weight excluding hydrogens is 324 g/mol. The van der Waals surface area contributed by atoms with Gasteiger partial charge in [0.15, 0.2) is 5.82 Å². The van der Waals surface area contributed by atoms with Crippen molar-refractivity contribution in [2.75, 3.05) is 13.7 Å². The molecule has 2 heterocycles. The van der Waals surface area contributed by atoms with Crippen LogP contribution in [0.5, 0.6) is 5.75 Å². The Morgan fingerprint density at radius 1 is 1.17 bits per heavy atom. The van der Waals surface area contributed by atoms with E-state index in [1.807, 2.05) is 38.2 Å². The van der Waals surface area contributed by atoms with Gasteiger partial charge in [-0.25, -0.2) is 4.98 Å². The van der Waals surface area contributed by atoms with Gasteiger partial charge in [-0.15, -0.1) is 11.3 Å². The van der Waals surface area contributed by atoms with Crippen LogP contribution in [0.15, 0.2) is 34.2 Å². The van der Waals surface area contributed by atoms with Crippen LogP contribution in [0.4, 0.5) is 0 Å². The van der Waals surface area contributed by atoms with Crippen LogP contribution in [0.1, 0.15) is 24.3 Å². The largest absolute Gasteiger partial charge is 0.494 e. The zero-order valence-corrected chi connectivity index (χ0v) is 14.8. The van der Waals surface area contributed by atoms with E-state index >= 15 is 0 Å². The summed E-state index contributed by atoms with van der Waals surface area (Å²) in [6.07, 6.45) is 0. The summed E-state index contributed by atoms with van der Waals surface area (Å²) in [7, 11) is 2.02. The monoisotopic (exact) mass is 344 g/mol. The highest BCUT2D eigenvalue weighted by Crippen LogP contribution is 2.26. The van der Waals surface area contributed by atoms with Crippen molar-refractivity contribution < 1.29 is 9.26 Å². The molecule has 7 heteroatoms. The lowest BCUT2D eigenvalue weighted by Crippen LogP contribution is -2.18. The fourth-order valence-electron chi connectivity index (χ4n) is 2.35. The number of ether oxygens (including phenoxy) is 1. The number of aryl methyl sites for hydroxylation is 1. The van der Waals surface area contributed by atoms with Crippen LogP contribution in [-0.4, -0.2) is 33.7 Å². The zero-order chi connectivity index (χ0) is 16.9. The van der Waals surface area contributed by atoms with E-state index in [9.17, 15) is 0 Å². The molecule has 3 aromatic rings. The Bertz CT molecular complexity index is 782. The summed E-state index contributed by atoms with van der Waals surface area (Å²) in [6.45, 7) is 5.81. The minimum Gasteiger partial charge on any atom is -0.494 e. The summed E-state index contributed by atoms with van der Waals surface area (Å²) < 4.78 is 10.5. The molecule has 0 bridgehead atoms. The Morgan fingerprint density at radius 3 is 2.62 bits per heavy atom. The van der Waals surface area contributed by atoms with Crippen molar-refractivity contribution in [1.82, 2.24) is 20.0 Å². The third kappa shape index (κ3) is 4.18. The summed E-state index contributed by atoms with van der Waals surface area (Å²) in [4.78, 5) is 11.0. The molecule has 0 saturated carbocycles. The fraction of sp³-hybridized carbons (Fsp3) is 0.353. The topological polar surface area (TPSA) is 64.3 Å². The molecule has 0 unspecified atom stereocenters. The molecule has 0 spiro atoms. The van der Waals surface area contributed by atoms with Gasteiger partial charge in [0.1, 0.15) is 10.8 Å². The number of rotatable bonds is 7. The van der Waals surface area contributed by atoms with Crippen LogP contribution in [0.3, 0.4) is 0 Å². The predicted octanol–water partition coefficient (Wildman–Crippen LogP) is 3.53. The number of hydrogen-bond acceptors (Lipinski definition) is 7. The van der Waals surface area contributed by atoms with E-state index in [1.165, 1.54) is 0 Å². The first-order valence-electron chi connectivity index (χ1n) is 7.79. The lowest BCUT2D eigenvalue weighted by Gasteiger charge is -2.12. The molecule has 126 valence electrons. The third-order valence-electron chi connectivity index (χ3n) is 3.38. The quantitative estimate of drug-likeness (QED) is 0.653. The summed E-state index contributed by atoms with van der Waals surface area (Å²) in [5.74, 6) is 2.16. The van der Waals surface area contributed by atoms with Crippen molar-refractivity contribution in [3.05, 3.63) is 47.1 Å². The summed E-state index contributed by atoms with van der Waals surface area (Å²) in [5, 5.41) is 7.01. The molecule has 0 saturated heterocycles. The molecule has 0 N–H and O–H groups in total. The van der Waals surface area contributed by atoms with Crippen molar-refractivity contribution in [2.24, 2.45) is 0 Å². The predicted molar refractivity (Wildman–Crippen MR) is 92.9 cm³/mol. The van der Waals surface area contributed by atoms with E-state index in [-0.39, 0.29) is 0 Å². The van der Waals surface area contributed by atoms with Crippen LogP contribution in [0.25, 0.3) is 10.6 Å². The normalized spacial score (nSPS) is 11.2. The van der Waals surface area contributed by atoms with Crippen molar-refractivity contribution in [2.45, 2.75) is 26.9 Å². The second-order valence-corrected chi connectivity index (χ2v) is 6.36. The van der Waals surface area contributed by atoms with E-state index in [4.69, 9.17) is 14.2 Å². The Hall–Kier alpha value is -2.25. The van der Waals surface area contributed by atoms with Gasteiger partial charge in [0.25, 0.3) is 0 Å². The van der Waals surface area contributed by atoms with Crippen molar-refractivity contribution in [3.8, 4) is 16.3 Å². The Labute approximate surface area is 145 Å². The number of aromatic nitrogens is 3. The van der Waals surface area contributed by atoms with Gasteiger partial charge in [0.05, 0.1) is 18.8 Å². The summed E-state index contributed by atoms with van der Waals surface area (Å²) >= 11 is 1.65. The van der Waals surface area contributed by atoms with E-state index in [1.54, 1.807) is 18.3 Å². The molecule has 0 aliphatic carbocycles. The molecule has 6 nitrogen and oxygen atoms in total. The van der Waals surface area contributed by atoms with E-state index in [0.717, 1.165) is 28.6 Å². The number of benzene rings is 1. The van der Waals surface area contributed by atoms with E-state index < -0.39 is 0 Å². The molecule has 2 aromatic heterocycles. The number of thiazole rings is 1. The summed E-state index contributed by atoms with van der Waals surface area (Å²) in [6, 6.07) is 8.04. The van der Waals surface area contributed by atoms with Gasteiger partial charge in [-0.2, -0.15) is 4.98 Å². The van der Waals surface area contributed by atoms with Gasteiger partial charge in [-0.05, 0) is 38.2 Å². The molecule has 1 aromatic carbocycles. The third-order valence-corrected chi connectivity index (χ3v) is 4.32. The van der Waals surface area contributed by atoms with Gasteiger partial charge in [-0.3, -0.25) is 4.90 Å². The van der Waals surface area contributed by atoms with Gasteiger partial charge in [0.2, 0.25) is 5.89 Å². The Balaban J connectivity index is 1.62. The molecule has 0 radical (unpaired) electrons. The average Bonchev–Trinajstić information content (AvgIpc) is 3.18. The van der Waals surface area contributed by atoms with Gasteiger partial charge in [-0.1, -0.05) is 5.16 Å². The number of hydrogen-bond donors (Lipinski definition) is 0. The molecular formula is C17H20N4O2S. The van der Waals surface area contributed by atoms with Crippen molar-refractivity contribution >= 4 is 11.3 Å². The Kier molecular flexibility index (Phi) is 5.22. The van der Waals surface area contributed by atoms with Gasteiger partial charge < -0.3 is 9.26 Å². The lowest BCUT2D eigenvalue weighted by atomic mass is 10.2. The van der Waals surface area contributed by atoms with Crippen LogP contribution < -0.4 is 4.74 Å². The van der Waals surface area contributed by atoms with Gasteiger partial charge in [0, 0.05) is 24.4 Å². The summed E-state index contributed by atoms with van der Waals surface area (Å²) in [5.41, 5.74) is 2.14. The highest BCUT2D eigenvalue weighted by molar-refractivity contribution is 7.13. The highest BCUT2D eigenvalue weighted by Gasteiger charge is 2.10. The van der Waals surface area contributed by atoms with Crippen LogP contribution >= 0.6 is 11.3 Å². The van der Waals surface area contributed by atoms with E-state index in [0.29, 0.717) is 24.9 Å². The second kappa shape index (κ2) is 7.55. The molecule has 0 atom stereocenters. The fourth-order valence-corrected chi connectivity index (χ4v) is 3.17. The van der Waals surface area contributed by atoms with Crippen LogP contribution in [-0.2, 0) is 13.1 Å². The molecule has 0 amide bonds. The van der Waals surface area contributed by atoms with Crippen molar-refractivity contribution in [1.29, 1.82) is 0 Å². The molecule has 0 aliphatic heterocycles. The number of nitrogens with zero attached hydrogens (tertiary/aromatic N) is 4. The first kappa shape index (κ1) is 16.6. The Morgan fingerprint density at radius 2 is 1.96 bits per heavy atom. The maximum absolute atomic E-state index is 5.47. The minimum atomic E-state index is 0.588. The first-order valence-corrected chi connectivity index (χ1v) is 8.67.